The summed E-state index contributed by atoms with van der Waals surface area (Å²) in [4.78, 5) is 13.2. The number of hydrogen-bond acceptors (Lipinski definition) is 2. The number of ether oxygens (including phenoxy) is 1. The van der Waals surface area contributed by atoms with Gasteiger partial charge >= 0.3 is 185 Å². The zero-order valence-electron chi connectivity index (χ0n) is 19.4. The average molecular weight is 507 g/mol. The summed E-state index contributed by atoms with van der Waals surface area (Å²) in [7, 11) is 0. The van der Waals surface area contributed by atoms with Gasteiger partial charge in [0, 0.05) is 0 Å². The second kappa shape index (κ2) is 15.1. The summed E-state index contributed by atoms with van der Waals surface area (Å²) < 4.78 is 10.2. The van der Waals surface area contributed by atoms with Gasteiger partial charge in [-0.05, 0) is 0 Å². The van der Waals surface area contributed by atoms with E-state index in [1.54, 1.807) is 0 Å². The first-order chi connectivity index (χ1) is 14.1. The van der Waals surface area contributed by atoms with Crippen LogP contribution in [-0.2, 0) is 9.53 Å². The summed E-state index contributed by atoms with van der Waals surface area (Å²) in [6.07, 6.45) is 10.3. The van der Waals surface area contributed by atoms with Crippen molar-refractivity contribution in [2.75, 3.05) is 6.61 Å². The van der Waals surface area contributed by atoms with Gasteiger partial charge < -0.3 is 0 Å². The minimum absolute atomic E-state index is 0.00757. The molecule has 0 heterocycles. The van der Waals surface area contributed by atoms with Crippen LogP contribution in [0.4, 0.5) is 0 Å². The molecule has 0 saturated heterocycles. The third-order valence-electron chi connectivity index (χ3n) is 6.32. The number of allylic oxidation sites excluding steroid dienone is 1. The van der Waals surface area contributed by atoms with Crippen molar-refractivity contribution in [3.63, 3.8) is 0 Å². The second-order valence-corrected chi connectivity index (χ2v) is 22.3. The fourth-order valence-corrected chi connectivity index (χ4v) is 24.5. The van der Waals surface area contributed by atoms with Crippen LogP contribution >= 0.6 is 0 Å². The quantitative estimate of drug-likeness (QED) is 0.129. The molecule has 0 amide bonds. The van der Waals surface area contributed by atoms with Crippen LogP contribution in [0, 0.1) is 5.92 Å². The molecule has 0 radical (unpaired) electrons. The number of rotatable bonds is 16. The van der Waals surface area contributed by atoms with Gasteiger partial charge in [-0.25, -0.2) is 0 Å². The van der Waals surface area contributed by atoms with Crippen LogP contribution in [0.25, 0.3) is 0 Å². The number of benzene rings is 1. The standard InChI is InChI=1S/C14H17O2.3C4H9.Sn/c1-3-8-13(14(15)16-4-2)11-12-9-6-5-7-10-12;3*1-3-4-2;/h3,5-7,9-11,13H,1,4,8H2,2H3;3*1,3-4H2,2H3;/t13-;;;;/m0..../s1. The number of esters is 1. The molecular formula is C26H44O2Sn. The van der Waals surface area contributed by atoms with Crippen LogP contribution in [-0.4, -0.2) is 31.0 Å². The van der Waals surface area contributed by atoms with E-state index >= 15 is 0 Å². The molecule has 0 saturated carbocycles. The van der Waals surface area contributed by atoms with E-state index in [1.165, 1.54) is 57.4 Å². The maximum absolute atomic E-state index is 13.2. The SMILES string of the molecule is C=CC[C@H](C(=O)OCC)[C@H](c1ccccc1)[Sn]([CH2]CCC)([CH2]CCC)[CH2]CCC. The van der Waals surface area contributed by atoms with Crippen LogP contribution in [0.5, 0.6) is 0 Å². The first-order valence-corrected chi connectivity index (χ1v) is 19.6. The van der Waals surface area contributed by atoms with Crippen molar-refractivity contribution in [3.8, 4) is 0 Å². The predicted molar refractivity (Wildman–Crippen MR) is 129 cm³/mol. The molecule has 0 aliphatic rings. The first-order valence-electron chi connectivity index (χ1n) is 11.9. The van der Waals surface area contributed by atoms with Gasteiger partial charge in [-0.3, -0.25) is 0 Å². The Morgan fingerprint density at radius 1 is 0.966 bits per heavy atom. The van der Waals surface area contributed by atoms with E-state index in [4.69, 9.17) is 4.74 Å². The van der Waals surface area contributed by atoms with E-state index in [1.807, 2.05) is 13.0 Å². The predicted octanol–water partition coefficient (Wildman–Crippen LogP) is 7.91. The Bertz CT molecular complexity index is 548. The van der Waals surface area contributed by atoms with E-state index in [-0.39, 0.29) is 11.9 Å². The molecular weight excluding hydrogens is 463 g/mol. The molecule has 1 aromatic carbocycles. The van der Waals surface area contributed by atoms with Gasteiger partial charge in [0.2, 0.25) is 0 Å². The van der Waals surface area contributed by atoms with Gasteiger partial charge in [0.25, 0.3) is 0 Å². The first kappa shape index (κ1) is 26.3. The van der Waals surface area contributed by atoms with Crippen LogP contribution in [0.2, 0.25) is 13.3 Å². The molecule has 0 aliphatic carbocycles. The van der Waals surface area contributed by atoms with Gasteiger partial charge in [0.15, 0.2) is 0 Å². The molecule has 1 rings (SSSR count). The maximum atomic E-state index is 13.2. The van der Waals surface area contributed by atoms with Crippen LogP contribution in [0.3, 0.4) is 0 Å². The molecule has 0 unspecified atom stereocenters. The van der Waals surface area contributed by atoms with Crippen molar-refractivity contribution in [2.24, 2.45) is 5.92 Å². The van der Waals surface area contributed by atoms with Crippen LogP contribution < -0.4 is 0 Å². The minimum atomic E-state index is -2.74. The molecule has 1 aromatic rings. The normalized spacial score (nSPS) is 13.7. The Kier molecular flexibility index (Phi) is 13.7. The summed E-state index contributed by atoms with van der Waals surface area (Å²) in [5.41, 5.74) is 1.38. The Hall–Kier alpha value is -0.771. The molecule has 2 nitrogen and oxygen atoms in total. The Balaban J connectivity index is 3.57. The van der Waals surface area contributed by atoms with Gasteiger partial charge in [0.1, 0.15) is 0 Å². The van der Waals surface area contributed by atoms with E-state index in [9.17, 15) is 4.79 Å². The molecule has 29 heavy (non-hydrogen) atoms. The van der Waals surface area contributed by atoms with Crippen LogP contribution in [0.1, 0.15) is 82.1 Å². The summed E-state index contributed by atoms with van der Waals surface area (Å²) in [5.74, 6) is -0.0805. The Labute approximate surface area is 184 Å². The summed E-state index contributed by atoms with van der Waals surface area (Å²) in [5, 5.41) is 0. The topological polar surface area (TPSA) is 26.3 Å². The van der Waals surface area contributed by atoms with Gasteiger partial charge in [-0.2, -0.15) is 0 Å². The monoisotopic (exact) mass is 508 g/mol. The number of carbonyl (C=O) groups excluding carboxylic acids is 1. The van der Waals surface area contributed by atoms with Crippen molar-refractivity contribution in [3.05, 3.63) is 48.6 Å². The fraction of sp³-hybridized carbons (Fsp3) is 0.654. The van der Waals surface area contributed by atoms with Gasteiger partial charge in [0.05, 0.1) is 0 Å². The fourth-order valence-electron chi connectivity index (χ4n) is 4.90. The molecule has 0 aromatic heterocycles. The van der Waals surface area contributed by atoms with Gasteiger partial charge in [-0.1, -0.05) is 0 Å². The Morgan fingerprint density at radius 2 is 1.48 bits per heavy atom. The van der Waals surface area contributed by atoms with Crippen molar-refractivity contribution >= 4 is 24.3 Å². The van der Waals surface area contributed by atoms with E-state index in [2.05, 4.69) is 57.7 Å². The number of carbonyl (C=O) groups is 1. The second-order valence-electron chi connectivity index (χ2n) is 8.44. The summed E-state index contributed by atoms with van der Waals surface area (Å²) in [6.45, 7) is 13.3. The van der Waals surface area contributed by atoms with Crippen molar-refractivity contribution in [2.45, 2.75) is 89.9 Å². The zero-order chi connectivity index (χ0) is 21.5. The van der Waals surface area contributed by atoms with E-state index < -0.39 is 18.4 Å². The summed E-state index contributed by atoms with van der Waals surface area (Å²) in [6, 6.07) is 10.9. The average Bonchev–Trinajstić information content (AvgIpc) is 2.74. The zero-order valence-corrected chi connectivity index (χ0v) is 22.3. The number of hydrogen-bond donors (Lipinski definition) is 0. The molecule has 0 N–H and O–H groups in total. The molecule has 164 valence electrons. The van der Waals surface area contributed by atoms with Crippen LogP contribution in [0.15, 0.2) is 43.0 Å². The third kappa shape index (κ3) is 8.11. The Morgan fingerprint density at radius 3 is 1.90 bits per heavy atom. The van der Waals surface area contributed by atoms with E-state index in [0.717, 1.165) is 6.42 Å². The molecule has 0 spiro atoms. The molecule has 0 aliphatic heterocycles. The third-order valence-corrected chi connectivity index (χ3v) is 23.7. The van der Waals surface area contributed by atoms with E-state index in [0.29, 0.717) is 10.5 Å². The molecule has 0 bridgehead atoms. The molecule has 2 atom stereocenters. The van der Waals surface area contributed by atoms with Crippen molar-refractivity contribution < 1.29 is 9.53 Å². The molecule has 3 heteroatoms. The number of unbranched alkanes of at least 4 members (excludes halogenated alkanes) is 3. The van der Waals surface area contributed by atoms with Crippen molar-refractivity contribution in [1.29, 1.82) is 0 Å². The molecule has 0 fully saturated rings. The van der Waals surface area contributed by atoms with Crippen molar-refractivity contribution in [1.82, 2.24) is 0 Å². The summed E-state index contributed by atoms with van der Waals surface area (Å²) >= 11 is -2.74. The van der Waals surface area contributed by atoms with Gasteiger partial charge in [-0.15, -0.1) is 0 Å².